The second-order valence-corrected chi connectivity index (χ2v) is 5.48. The second kappa shape index (κ2) is 7.58. The van der Waals surface area contributed by atoms with E-state index < -0.39 is 23.7 Å². The van der Waals surface area contributed by atoms with E-state index in [0.29, 0.717) is 17.9 Å². The molecule has 0 aliphatic heterocycles. The maximum absolute atomic E-state index is 13.2. The van der Waals surface area contributed by atoms with Crippen molar-refractivity contribution in [3.8, 4) is 11.6 Å². The molecule has 0 aliphatic carbocycles. The lowest BCUT2D eigenvalue weighted by Gasteiger charge is -2.21. The Hall–Kier alpha value is -2.51. The molecular weight excluding hydrogens is 335 g/mol. The minimum atomic E-state index is -4.58. The number of ether oxygens (including phenoxy) is 2. The Morgan fingerprint density at radius 3 is 2.36 bits per heavy atom. The van der Waals surface area contributed by atoms with E-state index in [0.717, 1.165) is 6.20 Å². The predicted octanol–water partition coefficient (Wildman–Crippen LogP) is 4.45. The highest BCUT2D eigenvalue weighted by Crippen LogP contribution is 2.36. The van der Waals surface area contributed by atoms with Crippen LogP contribution in [0.5, 0.6) is 11.6 Å². The van der Waals surface area contributed by atoms with E-state index in [9.17, 15) is 13.2 Å². The zero-order chi connectivity index (χ0) is 18.6. The van der Waals surface area contributed by atoms with E-state index in [4.69, 9.17) is 9.47 Å². The molecule has 136 valence electrons. The summed E-state index contributed by atoms with van der Waals surface area (Å²) in [7, 11) is 3.22. The van der Waals surface area contributed by atoms with Gasteiger partial charge in [0.15, 0.2) is 0 Å². The van der Waals surface area contributed by atoms with Crippen molar-refractivity contribution < 1.29 is 22.6 Å². The summed E-state index contributed by atoms with van der Waals surface area (Å²) in [4.78, 5) is 9.40. The van der Waals surface area contributed by atoms with E-state index in [1.54, 1.807) is 50.2 Å². The third-order valence-electron chi connectivity index (χ3n) is 3.69. The Morgan fingerprint density at radius 1 is 1.20 bits per heavy atom. The van der Waals surface area contributed by atoms with Crippen LogP contribution in [0.2, 0.25) is 0 Å². The second-order valence-electron chi connectivity index (χ2n) is 5.48. The highest BCUT2D eigenvalue weighted by molar-refractivity contribution is 5.58. The zero-order valence-electron chi connectivity index (χ0n) is 14.5. The Balaban J connectivity index is 2.38. The Labute approximate surface area is 144 Å². The number of rotatable bonds is 6. The van der Waals surface area contributed by atoms with Gasteiger partial charge >= 0.3 is 6.18 Å². The first-order valence-electron chi connectivity index (χ1n) is 7.75. The maximum Gasteiger partial charge on any atom is 0.423 e. The van der Waals surface area contributed by atoms with E-state index in [1.807, 2.05) is 6.92 Å². The molecular formula is C17H20F3N3O2. The SMILES string of the molecule is CCC(C)Oc1nc(N(C)c2ccc(OC)cc2)ncc1C(F)(F)F. The summed E-state index contributed by atoms with van der Waals surface area (Å²) in [5.74, 6) is 0.315. The fourth-order valence-corrected chi connectivity index (χ4v) is 2.00. The topological polar surface area (TPSA) is 47.5 Å². The van der Waals surface area contributed by atoms with Gasteiger partial charge in [-0.2, -0.15) is 18.2 Å². The fourth-order valence-electron chi connectivity index (χ4n) is 2.00. The Morgan fingerprint density at radius 2 is 1.84 bits per heavy atom. The van der Waals surface area contributed by atoms with Crippen molar-refractivity contribution in [3.05, 3.63) is 36.0 Å². The maximum atomic E-state index is 13.2. The summed E-state index contributed by atoms with van der Waals surface area (Å²) in [6.45, 7) is 3.51. The average Bonchev–Trinajstić information content (AvgIpc) is 2.60. The Kier molecular flexibility index (Phi) is 5.71. The molecule has 1 atom stereocenters. The minimum Gasteiger partial charge on any atom is -0.497 e. The van der Waals surface area contributed by atoms with Gasteiger partial charge in [0.05, 0.1) is 13.2 Å². The van der Waals surface area contributed by atoms with Crippen LogP contribution in [0.15, 0.2) is 30.5 Å². The van der Waals surface area contributed by atoms with Crippen LogP contribution in [0.25, 0.3) is 0 Å². The largest absolute Gasteiger partial charge is 0.497 e. The van der Waals surface area contributed by atoms with E-state index in [1.165, 1.54) is 0 Å². The first-order chi connectivity index (χ1) is 11.8. The van der Waals surface area contributed by atoms with E-state index in [2.05, 4.69) is 9.97 Å². The van der Waals surface area contributed by atoms with Crippen LogP contribution in [0.4, 0.5) is 24.8 Å². The number of anilines is 2. The van der Waals surface area contributed by atoms with Crippen molar-refractivity contribution in [1.82, 2.24) is 9.97 Å². The molecule has 25 heavy (non-hydrogen) atoms. The monoisotopic (exact) mass is 355 g/mol. The van der Waals surface area contributed by atoms with Crippen LogP contribution < -0.4 is 14.4 Å². The van der Waals surface area contributed by atoms with Crippen LogP contribution in [-0.4, -0.2) is 30.2 Å². The smallest absolute Gasteiger partial charge is 0.423 e. The van der Waals surface area contributed by atoms with Crippen LogP contribution >= 0.6 is 0 Å². The van der Waals surface area contributed by atoms with Crippen molar-refractivity contribution in [2.24, 2.45) is 0 Å². The molecule has 0 spiro atoms. The number of nitrogens with zero attached hydrogens (tertiary/aromatic N) is 3. The molecule has 1 aromatic carbocycles. The highest BCUT2D eigenvalue weighted by Gasteiger charge is 2.37. The third-order valence-corrected chi connectivity index (χ3v) is 3.69. The first-order valence-corrected chi connectivity index (χ1v) is 7.75. The zero-order valence-corrected chi connectivity index (χ0v) is 14.5. The lowest BCUT2D eigenvalue weighted by molar-refractivity contribution is -0.139. The van der Waals surface area contributed by atoms with Gasteiger partial charge < -0.3 is 14.4 Å². The fraction of sp³-hybridized carbons (Fsp3) is 0.412. The molecule has 0 saturated heterocycles. The summed E-state index contributed by atoms with van der Waals surface area (Å²) in [6, 6.07) is 7.00. The van der Waals surface area contributed by atoms with Crippen molar-refractivity contribution in [1.29, 1.82) is 0 Å². The standard InChI is InChI=1S/C17H20F3N3O2/c1-5-11(2)25-15-14(17(18,19)20)10-21-16(22-15)23(3)12-6-8-13(24-4)9-7-12/h6-11H,5H2,1-4H3. The van der Waals surface area contributed by atoms with Crippen molar-refractivity contribution in [2.75, 3.05) is 19.1 Å². The molecule has 0 N–H and O–H groups in total. The van der Waals surface area contributed by atoms with Gasteiger partial charge in [0.2, 0.25) is 11.8 Å². The van der Waals surface area contributed by atoms with Gasteiger partial charge in [-0.15, -0.1) is 0 Å². The lowest BCUT2D eigenvalue weighted by Crippen LogP contribution is -2.19. The quantitative estimate of drug-likeness (QED) is 0.766. The molecule has 1 aromatic heterocycles. The van der Waals surface area contributed by atoms with Gasteiger partial charge in [-0.3, -0.25) is 0 Å². The van der Waals surface area contributed by atoms with Crippen LogP contribution in [-0.2, 0) is 6.18 Å². The molecule has 1 unspecified atom stereocenters. The van der Waals surface area contributed by atoms with Crippen LogP contribution in [0, 0.1) is 0 Å². The summed E-state index contributed by atoms with van der Waals surface area (Å²) < 4.78 is 49.9. The number of methoxy groups -OCH3 is 1. The molecule has 2 rings (SSSR count). The predicted molar refractivity (Wildman–Crippen MR) is 88.5 cm³/mol. The lowest BCUT2D eigenvalue weighted by atomic mass is 10.2. The summed E-state index contributed by atoms with van der Waals surface area (Å²) in [5.41, 5.74) is -0.283. The normalized spacial score (nSPS) is 12.6. The van der Waals surface area contributed by atoms with E-state index in [-0.39, 0.29) is 5.95 Å². The van der Waals surface area contributed by atoms with Gasteiger partial charge in [0, 0.05) is 18.9 Å². The van der Waals surface area contributed by atoms with Crippen molar-refractivity contribution in [2.45, 2.75) is 32.5 Å². The summed E-state index contributed by atoms with van der Waals surface area (Å²) in [5, 5.41) is 0. The van der Waals surface area contributed by atoms with Crippen molar-refractivity contribution >= 4 is 11.6 Å². The number of benzene rings is 1. The van der Waals surface area contributed by atoms with Gasteiger partial charge in [-0.25, -0.2) is 4.98 Å². The van der Waals surface area contributed by atoms with Gasteiger partial charge in [-0.1, -0.05) is 6.92 Å². The molecule has 0 radical (unpaired) electrons. The molecule has 2 aromatic rings. The highest BCUT2D eigenvalue weighted by atomic mass is 19.4. The van der Waals surface area contributed by atoms with Crippen molar-refractivity contribution in [3.63, 3.8) is 0 Å². The summed E-state index contributed by atoms with van der Waals surface area (Å²) >= 11 is 0. The number of aromatic nitrogens is 2. The molecule has 0 amide bonds. The molecule has 0 bridgehead atoms. The van der Waals surface area contributed by atoms with Gasteiger partial charge in [0.1, 0.15) is 11.3 Å². The minimum absolute atomic E-state index is 0.108. The first kappa shape index (κ1) is 18.8. The van der Waals surface area contributed by atoms with Gasteiger partial charge in [-0.05, 0) is 37.6 Å². The number of hydrogen-bond donors (Lipinski definition) is 0. The number of alkyl halides is 3. The molecule has 0 aliphatic rings. The van der Waals surface area contributed by atoms with Gasteiger partial charge in [0.25, 0.3) is 0 Å². The van der Waals surface area contributed by atoms with Crippen LogP contribution in [0.1, 0.15) is 25.8 Å². The molecule has 1 heterocycles. The van der Waals surface area contributed by atoms with Crippen LogP contribution in [0.3, 0.4) is 0 Å². The summed E-state index contributed by atoms with van der Waals surface area (Å²) in [6.07, 6.45) is -3.67. The molecule has 0 saturated carbocycles. The number of hydrogen-bond acceptors (Lipinski definition) is 5. The molecule has 0 fully saturated rings. The molecule has 8 heteroatoms. The van der Waals surface area contributed by atoms with E-state index >= 15 is 0 Å². The average molecular weight is 355 g/mol. The third kappa shape index (κ3) is 4.52. The number of halogens is 3. The molecule has 5 nitrogen and oxygen atoms in total. The Bertz CT molecular complexity index is 705.